The van der Waals surface area contributed by atoms with Crippen molar-refractivity contribution in [2.24, 2.45) is 0 Å². The van der Waals surface area contributed by atoms with Gasteiger partial charge in [0.1, 0.15) is 16.2 Å². The van der Waals surface area contributed by atoms with Gasteiger partial charge in [-0.3, -0.25) is 9.29 Å². The fourth-order valence-electron chi connectivity index (χ4n) is 4.55. The molecule has 0 atom stereocenters. The maximum atomic E-state index is 14.3. The topological polar surface area (TPSA) is 111 Å². The third-order valence-corrected chi connectivity index (χ3v) is 10.1. The summed E-state index contributed by atoms with van der Waals surface area (Å²) < 4.78 is 60.2. The summed E-state index contributed by atoms with van der Waals surface area (Å²) in [4.78, 5) is 9.09. The van der Waals surface area contributed by atoms with Crippen molar-refractivity contribution >= 4 is 59.5 Å². The smallest absolute Gasteiger partial charge is 0.263 e. The first-order valence-electron chi connectivity index (χ1n) is 12.5. The van der Waals surface area contributed by atoms with E-state index in [1.165, 1.54) is 41.0 Å². The second-order valence-corrected chi connectivity index (χ2v) is 13.6. The van der Waals surface area contributed by atoms with Crippen molar-refractivity contribution in [2.75, 3.05) is 4.72 Å². The first-order chi connectivity index (χ1) is 19.5. The summed E-state index contributed by atoms with van der Waals surface area (Å²) in [6.07, 6.45) is 0. The van der Waals surface area contributed by atoms with Gasteiger partial charge in [-0.1, -0.05) is 59.1 Å². The van der Waals surface area contributed by atoms with E-state index in [2.05, 4.69) is 4.72 Å². The molecule has 0 aliphatic rings. The van der Waals surface area contributed by atoms with Crippen LogP contribution in [0.5, 0.6) is 0 Å². The van der Waals surface area contributed by atoms with Crippen LogP contribution in [0, 0.1) is 13.8 Å². The number of rotatable bonds is 6. The second-order valence-electron chi connectivity index (χ2n) is 9.61. The summed E-state index contributed by atoms with van der Waals surface area (Å²) in [6.45, 7) is 3.77. The molecule has 8 nitrogen and oxygen atoms in total. The minimum absolute atomic E-state index is 0.00652. The van der Waals surface area contributed by atoms with Crippen LogP contribution in [0.4, 0.5) is 5.82 Å². The molecule has 1 N–H and O–H groups in total. The molecule has 0 unspecified atom stereocenters. The van der Waals surface area contributed by atoms with Gasteiger partial charge in [-0.15, -0.1) is 0 Å². The highest BCUT2D eigenvalue weighted by atomic mass is 35.5. The summed E-state index contributed by atoms with van der Waals surface area (Å²) in [5.41, 5.74) is 3.57. The van der Waals surface area contributed by atoms with E-state index in [1.54, 1.807) is 48.5 Å². The quantitative estimate of drug-likeness (QED) is 0.234. The predicted molar refractivity (Wildman–Crippen MR) is 160 cm³/mol. The van der Waals surface area contributed by atoms with E-state index < -0.39 is 19.9 Å². The first kappa shape index (κ1) is 26.9. The van der Waals surface area contributed by atoms with Crippen molar-refractivity contribution in [3.8, 4) is 5.69 Å². The van der Waals surface area contributed by atoms with Gasteiger partial charge >= 0.3 is 0 Å². The average Bonchev–Trinajstić information content (AvgIpc) is 3.25. The number of aromatic nitrogens is 3. The van der Waals surface area contributed by atoms with Crippen LogP contribution in [0.25, 0.3) is 27.9 Å². The summed E-state index contributed by atoms with van der Waals surface area (Å²) in [5.74, 6) is -0.199. The number of nitrogens with one attached hydrogen (secondary N) is 1. The maximum absolute atomic E-state index is 14.3. The molecule has 6 rings (SSSR count). The van der Waals surface area contributed by atoms with Gasteiger partial charge in [0, 0.05) is 10.7 Å². The Morgan fingerprint density at radius 1 is 0.683 bits per heavy atom. The van der Waals surface area contributed by atoms with Crippen LogP contribution in [0.2, 0.25) is 5.02 Å². The number of fused-ring (bicyclic) bond motifs is 2. The highest BCUT2D eigenvalue weighted by molar-refractivity contribution is 7.93. The molecular formula is C30H23ClN4O4S2. The van der Waals surface area contributed by atoms with Crippen molar-refractivity contribution in [3.05, 3.63) is 113 Å². The number of hydrogen-bond acceptors (Lipinski definition) is 6. The van der Waals surface area contributed by atoms with Crippen LogP contribution in [0.3, 0.4) is 0 Å². The number of nitrogens with zero attached hydrogens (tertiary/aromatic N) is 3. The van der Waals surface area contributed by atoms with Gasteiger partial charge in [-0.25, -0.2) is 26.8 Å². The largest absolute Gasteiger partial charge is 0.277 e. The number of anilines is 1. The van der Waals surface area contributed by atoms with E-state index in [-0.39, 0.29) is 31.7 Å². The van der Waals surface area contributed by atoms with Gasteiger partial charge in [0.05, 0.1) is 20.8 Å². The Morgan fingerprint density at radius 2 is 1.22 bits per heavy atom. The van der Waals surface area contributed by atoms with Crippen LogP contribution < -0.4 is 4.72 Å². The Bertz CT molecular complexity index is 2160. The van der Waals surface area contributed by atoms with E-state index in [0.29, 0.717) is 21.7 Å². The molecule has 0 fully saturated rings. The van der Waals surface area contributed by atoms with E-state index in [1.807, 2.05) is 26.0 Å². The minimum Gasteiger partial charge on any atom is -0.277 e. The summed E-state index contributed by atoms with van der Waals surface area (Å²) in [7, 11) is -8.59. The van der Waals surface area contributed by atoms with Crippen LogP contribution in [-0.2, 0) is 19.9 Å². The number of sulfone groups is 1. The second kappa shape index (κ2) is 9.99. The lowest BCUT2D eigenvalue weighted by Crippen LogP contribution is -2.18. The normalized spacial score (nSPS) is 12.2. The molecule has 41 heavy (non-hydrogen) atoms. The Labute approximate surface area is 242 Å². The van der Waals surface area contributed by atoms with E-state index in [4.69, 9.17) is 21.6 Å². The molecule has 206 valence electrons. The van der Waals surface area contributed by atoms with Gasteiger partial charge < -0.3 is 0 Å². The number of benzene rings is 4. The molecule has 4 aromatic carbocycles. The molecule has 11 heteroatoms. The molecule has 6 aromatic rings. The third kappa shape index (κ3) is 4.84. The Morgan fingerprint density at radius 3 is 1.83 bits per heavy atom. The minimum atomic E-state index is -4.31. The number of para-hydroxylation sites is 2. The molecule has 0 saturated carbocycles. The maximum Gasteiger partial charge on any atom is 0.263 e. The summed E-state index contributed by atoms with van der Waals surface area (Å²) in [6, 6.07) is 26.3. The van der Waals surface area contributed by atoms with Crippen molar-refractivity contribution in [1.29, 1.82) is 0 Å². The van der Waals surface area contributed by atoms with Gasteiger partial charge in [-0.2, -0.15) is 0 Å². The Balaban J connectivity index is 1.74. The molecule has 0 radical (unpaired) electrons. The third-order valence-electron chi connectivity index (χ3n) is 6.66. The number of halogens is 1. The van der Waals surface area contributed by atoms with E-state index in [9.17, 15) is 16.8 Å². The van der Waals surface area contributed by atoms with Crippen molar-refractivity contribution in [2.45, 2.75) is 28.5 Å². The SMILES string of the molecule is Cc1ccc(-n2c(NS(=O)(=O)c3ccc(Cl)cc3)c(S(=O)(=O)c3ccc(C)cc3)c3nc4ccccc4nc32)cc1. The van der Waals surface area contributed by atoms with Gasteiger partial charge in [0.15, 0.2) is 5.65 Å². The van der Waals surface area contributed by atoms with Crippen LogP contribution in [0.15, 0.2) is 112 Å². The molecule has 0 aliphatic carbocycles. The average molecular weight is 603 g/mol. The Kier molecular flexibility index (Phi) is 6.56. The highest BCUT2D eigenvalue weighted by Gasteiger charge is 2.34. The molecular weight excluding hydrogens is 580 g/mol. The molecule has 0 bridgehead atoms. The highest BCUT2D eigenvalue weighted by Crippen LogP contribution is 2.40. The first-order valence-corrected chi connectivity index (χ1v) is 15.9. The van der Waals surface area contributed by atoms with Crippen LogP contribution >= 0.6 is 11.6 Å². The molecule has 0 aliphatic heterocycles. The molecule has 0 spiro atoms. The number of hydrogen-bond donors (Lipinski definition) is 1. The number of sulfonamides is 1. The zero-order chi connectivity index (χ0) is 28.9. The summed E-state index contributed by atoms with van der Waals surface area (Å²) in [5, 5.41) is 0.362. The molecule has 0 saturated heterocycles. The van der Waals surface area contributed by atoms with E-state index in [0.717, 1.165) is 11.1 Å². The lowest BCUT2D eigenvalue weighted by molar-refractivity contribution is 0.597. The molecule has 2 aromatic heterocycles. The predicted octanol–water partition coefficient (Wildman–Crippen LogP) is 6.48. The summed E-state index contributed by atoms with van der Waals surface area (Å²) >= 11 is 5.99. The van der Waals surface area contributed by atoms with E-state index >= 15 is 0 Å². The van der Waals surface area contributed by atoms with Crippen molar-refractivity contribution in [3.63, 3.8) is 0 Å². The standard InChI is InChI=1S/C30H23ClN4O4S2/c1-19-7-13-22(14-8-19)35-29-27(32-25-5-3-4-6-26(25)33-29)28(40(36,37)23-15-9-20(2)10-16-23)30(35)34-41(38,39)24-17-11-21(31)12-18-24/h3-18,34H,1-2H3. The van der Waals surface area contributed by atoms with Gasteiger partial charge in [-0.05, 0) is 74.5 Å². The van der Waals surface area contributed by atoms with Gasteiger partial charge in [0.25, 0.3) is 10.0 Å². The molecule has 0 amide bonds. The van der Waals surface area contributed by atoms with Crippen molar-refractivity contribution < 1.29 is 16.8 Å². The lowest BCUT2D eigenvalue weighted by atomic mass is 10.2. The van der Waals surface area contributed by atoms with Crippen LogP contribution in [0.1, 0.15) is 11.1 Å². The van der Waals surface area contributed by atoms with Crippen molar-refractivity contribution in [1.82, 2.24) is 14.5 Å². The fourth-order valence-corrected chi connectivity index (χ4v) is 7.31. The molecule has 2 heterocycles. The van der Waals surface area contributed by atoms with Gasteiger partial charge in [0.2, 0.25) is 9.84 Å². The lowest BCUT2D eigenvalue weighted by Gasteiger charge is -2.15. The zero-order valence-electron chi connectivity index (χ0n) is 21.9. The Hall–Kier alpha value is -4.25. The number of aryl methyl sites for hydroxylation is 2. The fraction of sp³-hybridized carbons (Fsp3) is 0.0667. The van der Waals surface area contributed by atoms with Crippen LogP contribution in [-0.4, -0.2) is 31.4 Å². The zero-order valence-corrected chi connectivity index (χ0v) is 24.3. The monoisotopic (exact) mass is 602 g/mol.